The molecule has 0 fully saturated rings. The Hall–Kier alpha value is -2.30. The molecule has 1 aromatic carbocycles. The van der Waals surface area contributed by atoms with Crippen molar-refractivity contribution in [1.29, 1.82) is 0 Å². The molecule has 0 radical (unpaired) electrons. The molecule has 5 nitrogen and oxygen atoms in total. The highest BCUT2D eigenvalue weighted by atomic mass is 16.3. The van der Waals surface area contributed by atoms with Crippen molar-refractivity contribution in [1.82, 2.24) is 19.6 Å². The second-order valence-electron chi connectivity index (χ2n) is 6.44. The minimum absolute atomic E-state index is 0.0635. The van der Waals surface area contributed by atoms with Gasteiger partial charge in [0.05, 0.1) is 22.6 Å². The fourth-order valence-corrected chi connectivity index (χ4v) is 2.47. The quantitative estimate of drug-likeness (QED) is 0.746. The smallest absolute Gasteiger partial charge is 0.127 e. The predicted molar refractivity (Wildman–Crippen MR) is 83.3 cm³/mol. The van der Waals surface area contributed by atoms with E-state index in [2.05, 4.69) is 31.0 Å². The van der Waals surface area contributed by atoms with Crippen LogP contribution in [0.15, 0.2) is 24.5 Å². The van der Waals surface area contributed by atoms with E-state index in [-0.39, 0.29) is 11.3 Å². The molecule has 2 aromatic heterocycles. The summed E-state index contributed by atoms with van der Waals surface area (Å²) in [6.07, 6.45) is 3.82. The maximum absolute atomic E-state index is 10.3. The molecule has 3 aromatic rings. The van der Waals surface area contributed by atoms with Crippen molar-refractivity contribution in [2.45, 2.75) is 33.2 Å². The summed E-state index contributed by atoms with van der Waals surface area (Å²) >= 11 is 0. The van der Waals surface area contributed by atoms with Crippen LogP contribution in [0.3, 0.4) is 0 Å². The number of hydrogen-bond acceptors (Lipinski definition) is 3. The fourth-order valence-electron chi connectivity index (χ4n) is 2.47. The van der Waals surface area contributed by atoms with Crippen molar-refractivity contribution in [2.75, 3.05) is 0 Å². The van der Waals surface area contributed by atoms with E-state index >= 15 is 0 Å². The summed E-state index contributed by atoms with van der Waals surface area (Å²) in [5, 5.41) is 20.0. The number of rotatable bonds is 1. The molecule has 110 valence electrons. The molecule has 0 spiro atoms. The topological polar surface area (TPSA) is 55.9 Å². The zero-order valence-electron chi connectivity index (χ0n) is 13.0. The molecule has 0 aliphatic carbocycles. The molecule has 0 amide bonds. The summed E-state index contributed by atoms with van der Waals surface area (Å²) in [6, 6.07) is 3.77. The van der Waals surface area contributed by atoms with Gasteiger partial charge in [-0.25, -0.2) is 0 Å². The molecule has 0 unspecified atom stereocenters. The van der Waals surface area contributed by atoms with Crippen LogP contribution in [0.5, 0.6) is 5.75 Å². The van der Waals surface area contributed by atoms with E-state index in [4.69, 9.17) is 0 Å². The minimum atomic E-state index is -0.0635. The summed E-state index contributed by atoms with van der Waals surface area (Å²) in [5.41, 5.74) is 3.60. The highest BCUT2D eigenvalue weighted by Gasteiger charge is 2.16. The van der Waals surface area contributed by atoms with E-state index in [1.54, 1.807) is 10.7 Å². The van der Waals surface area contributed by atoms with Gasteiger partial charge >= 0.3 is 0 Å². The van der Waals surface area contributed by atoms with Gasteiger partial charge in [0.1, 0.15) is 5.75 Å². The minimum Gasteiger partial charge on any atom is -0.507 e. The summed E-state index contributed by atoms with van der Waals surface area (Å²) in [5.74, 6) is 0.261. The summed E-state index contributed by atoms with van der Waals surface area (Å²) in [7, 11) is 1.88. The summed E-state index contributed by atoms with van der Waals surface area (Å²) in [6.45, 7) is 8.26. The third-order valence-electron chi connectivity index (χ3n) is 3.80. The standard InChI is InChI=1S/C16H20N4O/c1-10-15-13(18-19(10)5)6-11(7-14(15)21)12-8-17-20(9-12)16(2,3)4/h6-9,21H,1-5H3. The Balaban J connectivity index is 2.15. The van der Waals surface area contributed by atoms with Gasteiger partial charge in [-0.15, -0.1) is 0 Å². The van der Waals surface area contributed by atoms with Crippen molar-refractivity contribution in [2.24, 2.45) is 7.05 Å². The molecule has 3 rings (SSSR count). The molecule has 1 N–H and O–H groups in total. The normalized spacial score (nSPS) is 12.2. The second-order valence-corrected chi connectivity index (χ2v) is 6.44. The van der Waals surface area contributed by atoms with E-state index in [9.17, 15) is 5.11 Å². The van der Waals surface area contributed by atoms with Gasteiger partial charge < -0.3 is 5.11 Å². The van der Waals surface area contributed by atoms with Gasteiger partial charge in [-0.1, -0.05) is 0 Å². The number of fused-ring (bicyclic) bond motifs is 1. The van der Waals surface area contributed by atoms with Crippen molar-refractivity contribution in [3.8, 4) is 16.9 Å². The number of nitrogens with zero attached hydrogens (tertiary/aromatic N) is 4. The lowest BCUT2D eigenvalue weighted by Gasteiger charge is -2.18. The van der Waals surface area contributed by atoms with E-state index in [1.165, 1.54) is 0 Å². The van der Waals surface area contributed by atoms with Crippen LogP contribution >= 0.6 is 0 Å². The molecule has 21 heavy (non-hydrogen) atoms. The average molecular weight is 284 g/mol. The monoisotopic (exact) mass is 284 g/mol. The van der Waals surface area contributed by atoms with Crippen molar-refractivity contribution in [3.63, 3.8) is 0 Å². The Morgan fingerprint density at radius 1 is 1.14 bits per heavy atom. The Morgan fingerprint density at radius 2 is 1.86 bits per heavy atom. The lowest BCUT2D eigenvalue weighted by molar-refractivity contribution is 0.355. The maximum Gasteiger partial charge on any atom is 0.127 e. The summed E-state index contributed by atoms with van der Waals surface area (Å²) in [4.78, 5) is 0. The number of aryl methyl sites for hydroxylation is 2. The molecule has 5 heteroatoms. The number of aromatic hydroxyl groups is 1. The number of phenolic OH excluding ortho intramolecular Hbond substituents is 1. The van der Waals surface area contributed by atoms with Crippen LogP contribution < -0.4 is 0 Å². The highest BCUT2D eigenvalue weighted by Crippen LogP contribution is 2.33. The lowest BCUT2D eigenvalue weighted by Crippen LogP contribution is -2.21. The molecule has 0 aliphatic heterocycles. The van der Waals surface area contributed by atoms with E-state index in [0.29, 0.717) is 0 Å². The third kappa shape index (κ3) is 2.18. The zero-order valence-corrected chi connectivity index (χ0v) is 13.0. The first-order chi connectivity index (χ1) is 9.77. The van der Waals surface area contributed by atoms with Gasteiger partial charge in [0.15, 0.2) is 0 Å². The van der Waals surface area contributed by atoms with Gasteiger partial charge in [0.2, 0.25) is 0 Å². The first-order valence-electron chi connectivity index (χ1n) is 6.99. The zero-order chi connectivity index (χ0) is 15.4. The molecule has 0 bridgehead atoms. The van der Waals surface area contributed by atoms with Gasteiger partial charge in [-0.2, -0.15) is 10.2 Å². The Bertz CT molecular complexity index is 821. The van der Waals surface area contributed by atoms with Crippen LogP contribution in [-0.2, 0) is 12.6 Å². The van der Waals surface area contributed by atoms with Crippen LogP contribution in [0.1, 0.15) is 26.5 Å². The van der Waals surface area contributed by atoms with Crippen LogP contribution in [0.4, 0.5) is 0 Å². The number of phenols is 1. The first kappa shape index (κ1) is 13.7. The Morgan fingerprint density at radius 3 is 2.48 bits per heavy atom. The van der Waals surface area contributed by atoms with Crippen molar-refractivity contribution in [3.05, 3.63) is 30.2 Å². The SMILES string of the molecule is Cc1c2c(O)cc(-c3cnn(C(C)(C)C)c3)cc2nn1C. The van der Waals surface area contributed by atoms with E-state index in [1.807, 2.05) is 37.1 Å². The largest absolute Gasteiger partial charge is 0.507 e. The van der Waals surface area contributed by atoms with Crippen LogP contribution in [0.2, 0.25) is 0 Å². The second kappa shape index (κ2) is 4.35. The molecule has 0 saturated heterocycles. The predicted octanol–water partition coefficient (Wildman–Crippen LogP) is 3.21. The molecule has 0 aliphatic rings. The maximum atomic E-state index is 10.3. The highest BCUT2D eigenvalue weighted by molar-refractivity contribution is 5.91. The Kier molecular flexibility index (Phi) is 2.83. The summed E-state index contributed by atoms with van der Waals surface area (Å²) < 4.78 is 3.71. The van der Waals surface area contributed by atoms with Gasteiger partial charge in [0, 0.05) is 24.5 Å². The fraction of sp³-hybridized carbons (Fsp3) is 0.375. The molecule has 0 saturated carbocycles. The lowest BCUT2D eigenvalue weighted by atomic mass is 10.1. The van der Waals surface area contributed by atoms with Crippen LogP contribution in [0.25, 0.3) is 22.0 Å². The average Bonchev–Trinajstić information content (AvgIpc) is 2.95. The van der Waals surface area contributed by atoms with E-state index < -0.39 is 0 Å². The van der Waals surface area contributed by atoms with Crippen molar-refractivity contribution < 1.29 is 5.11 Å². The van der Waals surface area contributed by atoms with Crippen molar-refractivity contribution >= 4 is 10.9 Å². The molecule has 0 atom stereocenters. The van der Waals surface area contributed by atoms with E-state index in [0.717, 1.165) is 27.7 Å². The van der Waals surface area contributed by atoms with Gasteiger partial charge in [-0.05, 0) is 45.4 Å². The Labute approximate surface area is 123 Å². The number of aromatic nitrogens is 4. The molecular weight excluding hydrogens is 264 g/mol. The van der Waals surface area contributed by atoms with Gasteiger partial charge in [0.25, 0.3) is 0 Å². The van der Waals surface area contributed by atoms with Crippen LogP contribution in [0, 0.1) is 6.92 Å². The van der Waals surface area contributed by atoms with Gasteiger partial charge in [-0.3, -0.25) is 9.36 Å². The molecule has 2 heterocycles. The molecular formula is C16H20N4O. The van der Waals surface area contributed by atoms with Crippen LogP contribution in [-0.4, -0.2) is 24.7 Å². The first-order valence-corrected chi connectivity index (χ1v) is 6.99. The third-order valence-corrected chi connectivity index (χ3v) is 3.80. The number of benzene rings is 1. The number of hydrogen-bond donors (Lipinski definition) is 1.